The molecule has 0 spiro atoms. The van der Waals surface area contributed by atoms with Gasteiger partial charge in [-0.15, -0.1) is 0 Å². The Balaban J connectivity index is 1.65. The number of rotatable bonds is 6. The van der Waals surface area contributed by atoms with Crippen molar-refractivity contribution in [3.8, 4) is 0 Å². The minimum atomic E-state index is -0.561. The molecule has 9 nitrogen and oxygen atoms in total. The molecule has 0 unspecified atom stereocenters. The molecule has 0 aliphatic rings. The van der Waals surface area contributed by atoms with E-state index in [0.717, 1.165) is 6.20 Å². The van der Waals surface area contributed by atoms with E-state index in [4.69, 9.17) is 11.6 Å². The molecule has 1 N–H and O–H groups in total. The summed E-state index contributed by atoms with van der Waals surface area (Å²) in [5.41, 5.74) is 0.809. The average molecular weight is 393 g/mol. The van der Waals surface area contributed by atoms with Gasteiger partial charge < -0.3 is 5.32 Å². The normalized spacial score (nSPS) is 10.8. The second-order valence-corrected chi connectivity index (χ2v) is 6.11. The molecule has 0 fully saturated rings. The molecule has 3 rings (SSSR count). The molecule has 0 radical (unpaired) electrons. The van der Waals surface area contributed by atoms with Gasteiger partial charge in [-0.05, 0) is 19.1 Å². The molecule has 140 valence electrons. The van der Waals surface area contributed by atoms with Crippen LogP contribution in [0.3, 0.4) is 0 Å². The zero-order valence-corrected chi connectivity index (χ0v) is 14.9. The lowest BCUT2D eigenvalue weighted by molar-refractivity contribution is -0.385. The first-order chi connectivity index (χ1) is 12.8. The number of hydrogen-bond donors (Lipinski definition) is 1. The fraction of sp³-hybridized carbons (Fsp3) is 0.188. The zero-order valence-electron chi connectivity index (χ0n) is 14.1. The van der Waals surface area contributed by atoms with Gasteiger partial charge in [-0.1, -0.05) is 17.7 Å². The van der Waals surface area contributed by atoms with E-state index in [-0.39, 0.29) is 29.5 Å². The predicted molar refractivity (Wildman–Crippen MR) is 95.0 cm³/mol. The standard InChI is InChI=1S/C16H14ClFN6O3/c1-10-15(24(26)27)6-20-23(10)9-16(25)21-11-5-19-22(7-11)8-12-13(17)3-2-4-14(12)18/h2-7H,8-9H2,1H3,(H,21,25). The van der Waals surface area contributed by atoms with Crippen molar-refractivity contribution in [3.05, 3.63) is 69.0 Å². The van der Waals surface area contributed by atoms with Crippen molar-refractivity contribution in [3.63, 3.8) is 0 Å². The second-order valence-electron chi connectivity index (χ2n) is 5.70. The van der Waals surface area contributed by atoms with Crippen molar-refractivity contribution in [1.82, 2.24) is 19.6 Å². The fourth-order valence-electron chi connectivity index (χ4n) is 2.47. The highest BCUT2D eigenvalue weighted by Gasteiger charge is 2.18. The van der Waals surface area contributed by atoms with Crippen molar-refractivity contribution in [2.75, 3.05) is 5.32 Å². The molecule has 0 aliphatic heterocycles. The number of carbonyl (C=O) groups is 1. The lowest BCUT2D eigenvalue weighted by atomic mass is 10.2. The highest BCUT2D eigenvalue weighted by atomic mass is 35.5. The molecular formula is C16H14ClFN6O3. The largest absolute Gasteiger partial charge is 0.322 e. The van der Waals surface area contributed by atoms with E-state index in [1.54, 1.807) is 6.07 Å². The van der Waals surface area contributed by atoms with Crippen molar-refractivity contribution in [2.45, 2.75) is 20.0 Å². The Morgan fingerprint density at radius 2 is 2.15 bits per heavy atom. The molecule has 0 saturated carbocycles. The monoisotopic (exact) mass is 392 g/mol. The van der Waals surface area contributed by atoms with Crippen molar-refractivity contribution < 1.29 is 14.1 Å². The maximum atomic E-state index is 13.8. The summed E-state index contributed by atoms with van der Waals surface area (Å²) in [5.74, 6) is -0.876. The summed E-state index contributed by atoms with van der Waals surface area (Å²) in [4.78, 5) is 22.4. The van der Waals surface area contributed by atoms with Crippen LogP contribution in [-0.2, 0) is 17.9 Å². The molecule has 0 aliphatic carbocycles. The van der Waals surface area contributed by atoms with Crippen LogP contribution < -0.4 is 5.32 Å². The number of amides is 1. The number of halogens is 2. The Morgan fingerprint density at radius 3 is 2.81 bits per heavy atom. The van der Waals surface area contributed by atoms with E-state index in [2.05, 4.69) is 15.5 Å². The Kier molecular flexibility index (Phi) is 5.17. The maximum Gasteiger partial charge on any atom is 0.309 e. The third-order valence-electron chi connectivity index (χ3n) is 3.87. The first-order valence-corrected chi connectivity index (χ1v) is 8.15. The lowest BCUT2D eigenvalue weighted by Crippen LogP contribution is -2.20. The second kappa shape index (κ2) is 7.54. The van der Waals surface area contributed by atoms with Crippen LogP contribution in [0.25, 0.3) is 0 Å². The molecule has 11 heteroatoms. The van der Waals surface area contributed by atoms with Crippen molar-refractivity contribution >= 4 is 28.9 Å². The van der Waals surface area contributed by atoms with Gasteiger partial charge in [0.15, 0.2) is 0 Å². The smallest absolute Gasteiger partial charge is 0.309 e. The molecule has 2 aromatic heterocycles. The van der Waals surface area contributed by atoms with E-state index in [0.29, 0.717) is 11.3 Å². The van der Waals surface area contributed by atoms with Gasteiger partial charge in [-0.2, -0.15) is 10.2 Å². The van der Waals surface area contributed by atoms with Crippen LogP contribution in [0.15, 0.2) is 36.8 Å². The summed E-state index contributed by atoms with van der Waals surface area (Å²) in [7, 11) is 0. The zero-order chi connectivity index (χ0) is 19.6. The van der Waals surface area contributed by atoms with Crippen LogP contribution >= 0.6 is 11.6 Å². The quantitative estimate of drug-likeness (QED) is 0.512. The predicted octanol–water partition coefficient (Wildman–Crippen LogP) is 2.78. The molecule has 27 heavy (non-hydrogen) atoms. The van der Waals surface area contributed by atoms with Crippen LogP contribution in [0.2, 0.25) is 5.02 Å². The molecule has 0 saturated heterocycles. The number of carbonyl (C=O) groups excluding carboxylic acids is 1. The summed E-state index contributed by atoms with van der Waals surface area (Å²) < 4.78 is 16.5. The van der Waals surface area contributed by atoms with Crippen LogP contribution in [0, 0.1) is 22.9 Å². The summed E-state index contributed by atoms with van der Waals surface area (Å²) in [6.45, 7) is 1.42. The van der Waals surface area contributed by atoms with Gasteiger partial charge in [-0.3, -0.25) is 24.3 Å². The van der Waals surface area contributed by atoms with Gasteiger partial charge in [0.25, 0.3) is 0 Å². The fourth-order valence-corrected chi connectivity index (χ4v) is 2.69. The Hall–Kier alpha value is -3.27. The first kappa shape index (κ1) is 18.5. The molecule has 0 atom stereocenters. The lowest BCUT2D eigenvalue weighted by Gasteiger charge is -2.06. The van der Waals surface area contributed by atoms with Crippen molar-refractivity contribution in [1.29, 1.82) is 0 Å². The summed E-state index contributed by atoms with van der Waals surface area (Å²) in [5, 5.41) is 21.6. The number of nitro groups is 1. The highest BCUT2D eigenvalue weighted by Crippen LogP contribution is 2.20. The number of aromatic nitrogens is 4. The van der Waals surface area contributed by atoms with E-state index < -0.39 is 16.6 Å². The van der Waals surface area contributed by atoms with Crippen LogP contribution in [0.1, 0.15) is 11.3 Å². The third kappa shape index (κ3) is 4.11. The minimum Gasteiger partial charge on any atom is -0.322 e. The van der Waals surface area contributed by atoms with Gasteiger partial charge in [0, 0.05) is 16.8 Å². The Bertz CT molecular complexity index is 995. The van der Waals surface area contributed by atoms with E-state index in [9.17, 15) is 19.3 Å². The number of anilines is 1. The number of hydrogen-bond acceptors (Lipinski definition) is 5. The maximum absolute atomic E-state index is 13.8. The SMILES string of the molecule is Cc1c([N+](=O)[O-])cnn1CC(=O)Nc1cnn(Cc2c(F)cccc2Cl)c1. The first-order valence-electron chi connectivity index (χ1n) is 7.77. The van der Waals surface area contributed by atoms with Gasteiger partial charge in [0.05, 0.1) is 23.4 Å². The Morgan fingerprint density at radius 1 is 1.37 bits per heavy atom. The van der Waals surface area contributed by atoms with Crippen LogP contribution in [0.5, 0.6) is 0 Å². The molecule has 1 aromatic carbocycles. The molecule has 3 aromatic rings. The topological polar surface area (TPSA) is 108 Å². The van der Waals surface area contributed by atoms with E-state index in [1.165, 1.54) is 40.8 Å². The van der Waals surface area contributed by atoms with Crippen LogP contribution in [-0.4, -0.2) is 30.4 Å². The summed E-state index contributed by atoms with van der Waals surface area (Å²) in [6, 6.07) is 4.40. The van der Waals surface area contributed by atoms with Gasteiger partial charge in [0.2, 0.25) is 5.91 Å². The molecule has 1 amide bonds. The average Bonchev–Trinajstić information content (AvgIpc) is 3.18. The van der Waals surface area contributed by atoms with Crippen molar-refractivity contribution in [2.24, 2.45) is 0 Å². The van der Waals surface area contributed by atoms with E-state index >= 15 is 0 Å². The summed E-state index contributed by atoms with van der Waals surface area (Å²) in [6.07, 6.45) is 4.03. The molecule has 2 heterocycles. The molecular weight excluding hydrogens is 379 g/mol. The number of nitrogens with zero attached hydrogens (tertiary/aromatic N) is 5. The minimum absolute atomic E-state index is 0.103. The van der Waals surface area contributed by atoms with Gasteiger partial charge in [-0.25, -0.2) is 4.39 Å². The Labute approximate surface area is 157 Å². The number of benzene rings is 1. The third-order valence-corrected chi connectivity index (χ3v) is 4.22. The van der Waals surface area contributed by atoms with Gasteiger partial charge >= 0.3 is 5.69 Å². The van der Waals surface area contributed by atoms with Crippen LogP contribution in [0.4, 0.5) is 15.8 Å². The number of nitrogens with one attached hydrogen (secondary N) is 1. The molecule has 0 bridgehead atoms. The summed E-state index contributed by atoms with van der Waals surface area (Å²) >= 11 is 5.99. The van der Waals surface area contributed by atoms with Gasteiger partial charge in [0.1, 0.15) is 24.3 Å². The van der Waals surface area contributed by atoms with E-state index in [1.807, 2.05) is 0 Å². The highest BCUT2D eigenvalue weighted by molar-refractivity contribution is 6.31.